The Bertz CT molecular complexity index is 518. The summed E-state index contributed by atoms with van der Waals surface area (Å²) in [5, 5.41) is 3.36. The maximum atomic E-state index is 4.53. The van der Waals surface area contributed by atoms with Crippen LogP contribution in [0, 0.1) is 13.8 Å². The molecule has 18 heavy (non-hydrogen) atoms. The van der Waals surface area contributed by atoms with Crippen molar-refractivity contribution >= 4 is 0 Å². The van der Waals surface area contributed by atoms with Gasteiger partial charge in [-0.3, -0.25) is 4.57 Å². The molecule has 0 atom stereocenters. The highest BCUT2D eigenvalue weighted by atomic mass is 15.2. The van der Waals surface area contributed by atoms with Crippen LogP contribution in [-0.2, 0) is 6.54 Å². The highest BCUT2D eigenvalue weighted by molar-refractivity contribution is 5.23. The molecule has 0 amide bonds. The van der Waals surface area contributed by atoms with Gasteiger partial charge in [0.25, 0.3) is 0 Å². The first kappa shape index (κ1) is 12.7. The van der Waals surface area contributed by atoms with Gasteiger partial charge < -0.3 is 5.32 Å². The molecule has 2 rings (SSSR count). The zero-order valence-electron chi connectivity index (χ0n) is 11.1. The molecule has 5 heteroatoms. The molecule has 0 saturated heterocycles. The third-order valence-electron chi connectivity index (χ3n) is 2.85. The molecule has 0 spiro atoms. The monoisotopic (exact) mass is 245 g/mol. The van der Waals surface area contributed by atoms with Gasteiger partial charge in [-0.05, 0) is 26.8 Å². The van der Waals surface area contributed by atoms with E-state index >= 15 is 0 Å². The third-order valence-corrected chi connectivity index (χ3v) is 2.85. The molecule has 0 aromatic carbocycles. The van der Waals surface area contributed by atoms with Gasteiger partial charge in [-0.2, -0.15) is 0 Å². The van der Waals surface area contributed by atoms with E-state index in [1.54, 1.807) is 6.20 Å². The van der Waals surface area contributed by atoms with Crippen molar-refractivity contribution in [2.75, 3.05) is 6.54 Å². The average Bonchev–Trinajstić information content (AvgIpc) is 2.78. The van der Waals surface area contributed by atoms with Gasteiger partial charge in [0.1, 0.15) is 5.82 Å². The van der Waals surface area contributed by atoms with Crippen molar-refractivity contribution in [3.63, 3.8) is 0 Å². The lowest BCUT2D eigenvalue weighted by Crippen LogP contribution is -2.16. The number of hydrogen-bond acceptors (Lipinski definition) is 4. The molecule has 2 heterocycles. The van der Waals surface area contributed by atoms with Crippen molar-refractivity contribution < 1.29 is 0 Å². The number of hydrogen-bond donors (Lipinski definition) is 1. The van der Waals surface area contributed by atoms with Gasteiger partial charge in [0, 0.05) is 36.4 Å². The molecule has 0 radical (unpaired) electrons. The van der Waals surface area contributed by atoms with Crippen molar-refractivity contribution in [2.24, 2.45) is 0 Å². The van der Waals surface area contributed by atoms with Crippen LogP contribution in [0.4, 0.5) is 0 Å². The Kier molecular flexibility index (Phi) is 4.04. The van der Waals surface area contributed by atoms with Crippen LogP contribution in [-0.4, -0.2) is 26.1 Å². The lowest BCUT2D eigenvalue weighted by atomic mass is 10.2. The quantitative estimate of drug-likeness (QED) is 0.816. The third kappa shape index (κ3) is 2.73. The number of imidazole rings is 1. The van der Waals surface area contributed by atoms with Crippen LogP contribution in [0.25, 0.3) is 5.95 Å². The van der Waals surface area contributed by atoms with Crippen molar-refractivity contribution in [1.82, 2.24) is 24.8 Å². The molecule has 0 aliphatic carbocycles. The SMILES string of the molecule is CCCNCc1cnc(-n2ccnc2C)nc1C. The van der Waals surface area contributed by atoms with Crippen molar-refractivity contribution in [3.05, 3.63) is 35.7 Å². The van der Waals surface area contributed by atoms with Crippen LogP contribution in [0.5, 0.6) is 0 Å². The topological polar surface area (TPSA) is 55.6 Å². The molecule has 0 fully saturated rings. The molecule has 2 aromatic heterocycles. The molecule has 0 aliphatic heterocycles. The largest absolute Gasteiger partial charge is 0.313 e. The Morgan fingerprint density at radius 2 is 2.11 bits per heavy atom. The molecule has 0 unspecified atom stereocenters. The zero-order valence-corrected chi connectivity index (χ0v) is 11.1. The summed E-state index contributed by atoms with van der Waals surface area (Å²) in [6, 6.07) is 0. The summed E-state index contributed by atoms with van der Waals surface area (Å²) in [5.74, 6) is 1.58. The van der Waals surface area contributed by atoms with Crippen molar-refractivity contribution in [1.29, 1.82) is 0 Å². The fraction of sp³-hybridized carbons (Fsp3) is 0.462. The predicted octanol–water partition coefficient (Wildman–Crippen LogP) is 1.78. The summed E-state index contributed by atoms with van der Waals surface area (Å²) in [7, 11) is 0. The van der Waals surface area contributed by atoms with Gasteiger partial charge in [0.15, 0.2) is 0 Å². The second kappa shape index (κ2) is 5.73. The Balaban J connectivity index is 2.17. The number of nitrogens with one attached hydrogen (secondary N) is 1. The van der Waals surface area contributed by atoms with Crippen LogP contribution in [0.15, 0.2) is 18.6 Å². The van der Waals surface area contributed by atoms with Gasteiger partial charge in [-0.15, -0.1) is 0 Å². The number of rotatable bonds is 5. The minimum atomic E-state index is 0.682. The summed E-state index contributed by atoms with van der Waals surface area (Å²) in [6.07, 6.45) is 6.65. The minimum Gasteiger partial charge on any atom is -0.313 e. The van der Waals surface area contributed by atoms with E-state index in [1.165, 1.54) is 0 Å². The van der Waals surface area contributed by atoms with Gasteiger partial charge >= 0.3 is 0 Å². The van der Waals surface area contributed by atoms with Gasteiger partial charge in [0.2, 0.25) is 5.95 Å². The zero-order chi connectivity index (χ0) is 13.0. The lowest BCUT2D eigenvalue weighted by Gasteiger charge is -2.08. The molecule has 96 valence electrons. The van der Waals surface area contributed by atoms with Crippen molar-refractivity contribution in [2.45, 2.75) is 33.7 Å². The fourth-order valence-electron chi connectivity index (χ4n) is 1.76. The number of aryl methyl sites for hydroxylation is 2. The standard InChI is InChI=1S/C13H19N5/c1-4-5-14-8-12-9-16-13(17-10(12)2)18-7-6-15-11(18)3/h6-7,9,14H,4-5,8H2,1-3H3. The first-order valence-electron chi connectivity index (χ1n) is 6.26. The summed E-state index contributed by atoms with van der Waals surface area (Å²) in [4.78, 5) is 13.1. The van der Waals surface area contributed by atoms with Crippen LogP contribution < -0.4 is 5.32 Å². The van der Waals surface area contributed by atoms with Gasteiger partial charge in [-0.1, -0.05) is 6.92 Å². The normalized spacial score (nSPS) is 10.8. The van der Waals surface area contributed by atoms with Crippen LogP contribution in [0.1, 0.15) is 30.4 Å². The average molecular weight is 245 g/mol. The number of nitrogens with zero attached hydrogens (tertiary/aromatic N) is 4. The Morgan fingerprint density at radius 1 is 1.28 bits per heavy atom. The highest BCUT2D eigenvalue weighted by Gasteiger charge is 2.06. The molecular formula is C13H19N5. The molecule has 5 nitrogen and oxygen atoms in total. The van der Waals surface area contributed by atoms with Gasteiger partial charge in [-0.25, -0.2) is 15.0 Å². The first-order chi connectivity index (χ1) is 8.72. The Labute approximate surface area is 107 Å². The predicted molar refractivity (Wildman–Crippen MR) is 70.6 cm³/mol. The fourth-order valence-corrected chi connectivity index (χ4v) is 1.76. The molecule has 2 aromatic rings. The maximum absolute atomic E-state index is 4.53. The first-order valence-corrected chi connectivity index (χ1v) is 6.26. The molecule has 0 saturated carbocycles. The van der Waals surface area contributed by atoms with E-state index in [-0.39, 0.29) is 0 Å². The minimum absolute atomic E-state index is 0.682. The molecular weight excluding hydrogens is 226 g/mol. The van der Waals surface area contributed by atoms with Crippen LogP contribution in [0.2, 0.25) is 0 Å². The van der Waals surface area contributed by atoms with E-state index in [0.717, 1.165) is 36.6 Å². The summed E-state index contributed by atoms with van der Waals surface area (Å²) < 4.78 is 1.89. The number of aromatic nitrogens is 4. The Morgan fingerprint density at radius 3 is 2.72 bits per heavy atom. The lowest BCUT2D eigenvalue weighted by molar-refractivity contribution is 0.667. The summed E-state index contributed by atoms with van der Waals surface area (Å²) in [6.45, 7) is 7.95. The molecule has 0 aliphatic rings. The summed E-state index contributed by atoms with van der Waals surface area (Å²) >= 11 is 0. The summed E-state index contributed by atoms with van der Waals surface area (Å²) in [5.41, 5.74) is 2.15. The van der Waals surface area contributed by atoms with E-state index in [0.29, 0.717) is 5.95 Å². The van der Waals surface area contributed by atoms with E-state index in [9.17, 15) is 0 Å². The maximum Gasteiger partial charge on any atom is 0.235 e. The smallest absolute Gasteiger partial charge is 0.235 e. The molecule has 0 bridgehead atoms. The molecule has 1 N–H and O–H groups in total. The Hall–Kier alpha value is -1.75. The van der Waals surface area contributed by atoms with E-state index in [1.807, 2.05) is 30.8 Å². The van der Waals surface area contributed by atoms with Gasteiger partial charge in [0.05, 0.1) is 0 Å². The van der Waals surface area contributed by atoms with E-state index < -0.39 is 0 Å². The highest BCUT2D eigenvalue weighted by Crippen LogP contribution is 2.08. The van der Waals surface area contributed by atoms with Crippen LogP contribution >= 0.6 is 0 Å². The van der Waals surface area contributed by atoms with E-state index in [4.69, 9.17) is 0 Å². The second-order valence-corrected chi connectivity index (χ2v) is 4.30. The van der Waals surface area contributed by atoms with Crippen molar-refractivity contribution in [3.8, 4) is 5.95 Å². The van der Waals surface area contributed by atoms with E-state index in [2.05, 4.69) is 27.2 Å². The van der Waals surface area contributed by atoms with Crippen LogP contribution in [0.3, 0.4) is 0 Å². The second-order valence-electron chi connectivity index (χ2n) is 4.30.